The summed E-state index contributed by atoms with van der Waals surface area (Å²) in [6, 6.07) is 10.5. The molecule has 6 nitrogen and oxygen atoms in total. The summed E-state index contributed by atoms with van der Waals surface area (Å²) in [5.41, 5.74) is 2.05. The fourth-order valence-corrected chi connectivity index (χ4v) is 2.96. The fourth-order valence-electron chi connectivity index (χ4n) is 2.96. The second-order valence-corrected chi connectivity index (χ2v) is 6.76. The van der Waals surface area contributed by atoms with Gasteiger partial charge in [0.1, 0.15) is 22.8 Å². The van der Waals surface area contributed by atoms with E-state index in [1.54, 1.807) is 37.3 Å². The second-order valence-electron chi connectivity index (χ2n) is 6.76. The molecule has 0 saturated heterocycles. The molecule has 0 atom stereocenters. The van der Waals surface area contributed by atoms with Crippen molar-refractivity contribution in [2.24, 2.45) is 5.92 Å². The Labute approximate surface area is 158 Å². The number of benzene rings is 2. The summed E-state index contributed by atoms with van der Waals surface area (Å²) in [6.45, 7) is 3.02. The van der Waals surface area contributed by atoms with Gasteiger partial charge in [-0.25, -0.2) is 4.79 Å². The van der Waals surface area contributed by atoms with Crippen LogP contribution in [-0.2, 0) is 16.0 Å². The van der Waals surface area contributed by atoms with Gasteiger partial charge in [0.05, 0.1) is 19.8 Å². The zero-order valence-corrected chi connectivity index (χ0v) is 15.1. The van der Waals surface area contributed by atoms with Gasteiger partial charge in [0, 0.05) is 6.07 Å². The summed E-state index contributed by atoms with van der Waals surface area (Å²) < 4.78 is 22.1. The molecule has 1 N–H and O–H groups in total. The summed E-state index contributed by atoms with van der Waals surface area (Å²) in [6.07, 6.45) is 2.32. The zero-order chi connectivity index (χ0) is 18.8. The molecule has 4 rings (SSSR count). The molecule has 0 aromatic heterocycles. The first-order valence-corrected chi connectivity index (χ1v) is 9.18. The Morgan fingerprint density at radius 3 is 2.78 bits per heavy atom. The molecule has 0 spiro atoms. The first kappa shape index (κ1) is 17.9. The molecule has 0 amide bonds. The number of esters is 1. The van der Waals surface area contributed by atoms with Crippen molar-refractivity contribution in [3.63, 3.8) is 0 Å². The van der Waals surface area contributed by atoms with Gasteiger partial charge < -0.3 is 23.9 Å². The van der Waals surface area contributed by atoms with E-state index in [1.165, 1.54) is 0 Å². The zero-order valence-electron chi connectivity index (χ0n) is 15.1. The average Bonchev–Trinajstić information content (AvgIpc) is 3.43. The minimum Gasteiger partial charge on any atom is -0.492 e. The van der Waals surface area contributed by atoms with E-state index in [4.69, 9.17) is 18.9 Å². The molecule has 1 aliphatic heterocycles. The van der Waals surface area contributed by atoms with Crippen LogP contribution in [0.5, 0.6) is 17.2 Å². The maximum atomic E-state index is 12.2. The molecule has 27 heavy (non-hydrogen) atoms. The number of carbonyl (C=O) groups is 1. The standard InChI is InChI=1S/C20H21BO6/c1-2-24-20(22)17-7-5-16(10-19(17)25-11-13-3-4-13)27-15-6-8-18-14(9-15)12-26-21(18)23/h5-10,13,23H,2-4,11-12H2,1H3. The van der Waals surface area contributed by atoms with Crippen LogP contribution in [0.3, 0.4) is 0 Å². The topological polar surface area (TPSA) is 74.2 Å². The van der Waals surface area contributed by atoms with Crippen molar-refractivity contribution in [1.82, 2.24) is 0 Å². The summed E-state index contributed by atoms with van der Waals surface area (Å²) in [7, 11) is -0.875. The van der Waals surface area contributed by atoms with Crippen molar-refractivity contribution < 1.29 is 28.7 Å². The van der Waals surface area contributed by atoms with Crippen LogP contribution < -0.4 is 14.9 Å². The lowest BCUT2D eigenvalue weighted by Gasteiger charge is -2.13. The minimum atomic E-state index is -0.875. The van der Waals surface area contributed by atoms with Crippen molar-refractivity contribution in [3.8, 4) is 17.2 Å². The molecule has 0 unspecified atom stereocenters. The van der Waals surface area contributed by atoms with Gasteiger partial charge in [-0.1, -0.05) is 6.07 Å². The fraction of sp³-hybridized carbons (Fsp3) is 0.350. The third-order valence-electron chi connectivity index (χ3n) is 4.63. The maximum absolute atomic E-state index is 12.2. The van der Waals surface area contributed by atoms with Crippen LogP contribution in [0.1, 0.15) is 35.7 Å². The molecule has 140 valence electrons. The Kier molecular flexibility index (Phi) is 5.05. The molecule has 0 radical (unpaired) electrons. The minimum absolute atomic E-state index is 0.308. The number of fused-ring (bicyclic) bond motifs is 1. The predicted molar refractivity (Wildman–Crippen MR) is 99.5 cm³/mol. The van der Waals surface area contributed by atoms with Crippen LogP contribution in [0.4, 0.5) is 0 Å². The summed E-state index contributed by atoms with van der Waals surface area (Å²) >= 11 is 0. The molecule has 2 aromatic carbocycles. The SMILES string of the molecule is CCOC(=O)c1ccc(Oc2ccc3c(c2)COB3O)cc1OCC1CC1. The lowest BCUT2D eigenvalue weighted by atomic mass is 9.80. The Balaban J connectivity index is 1.55. The Hall–Kier alpha value is -2.51. The van der Waals surface area contributed by atoms with E-state index in [1.807, 2.05) is 6.07 Å². The Morgan fingerprint density at radius 1 is 1.22 bits per heavy atom. The monoisotopic (exact) mass is 368 g/mol. The van der Waals surface area contributed by atoms with Gasteiger partial charge in [-0.15, -0.1) is 0 Å². The van der Waals surface area contributed by atoms with Crippen molar-refractivity contribution in [2.75, 3.05) is 13.2 Å². The van der Waals surface area contributed by atoms with Gasteiger partial charge in [0.15, 0.2) is 0 Å². The van der Waals surface area contributed by atoms with E-state index in [-0.39, 0.29) is 0 Å². The third kappa shape index (κ3) is 4.09. The normalized spacial score (nSPS) is 15.4. The summed E-state index contributed by atoms with van der Waals surface area (Å²) in [5.74, 6) is 1.82. The maximum Gasteiger partial charge on any atom is 0.491 e. The molecule has 1 saturated carbocycles. The smallest absolute Gasteiger partial charge is 0.491 e. The number of carbonyl (C=O) groups excluding carboxylic acids is 1. The largest absolute Gasteiger partial charge is 0.492 e. The number of hydrogen-bond acceptors (Lipinski definition) is 6. The van der Waals surface area contributed by atoms with Crippen molar-refractivity contribution in [2.45, 2.75) is 26.4 Å². The molecule has 1 aliphatic carbocycles. The highest BCUT2D eigenvalue weighted by atomic mass is 16.5. The van der Waals surface area contributed by atoms with Crippen LogP contribution in [-0.4, -0.2) is 31.3 Å². The van der Waals surface area contributed by atoms with Gasteiger partial charge in [0.25, 0.3) is 0 Å². The average molecular weight is 368 g/mol. The van der Waals surface area contributed by atoms with E-state index < -0.39 is 13.1 Å². The van der Waals surface area contributed by atoms with E-state index in [0.717, 1.165) is 23.9 Å². The second kappa shape index (κ2) is 7.62. The van der Waals surface area contributed by atoms with Gasteiger partial charge in [0.2, 0.25) is 0 Å². The number of hydrogen-bond donors (Lipinski definition) is 1. The van der Waals surface area contributed by atoms with Crippen molar-refractivity contribution >= 4 is 18.6 Å². The summed E-state index contributed by atoms with van der Waals surface area (Å²) in [5, 5.41) is 9.71. The van der Waals surface area contributed by atoms with Crippen LogP contribution >= 0.6 is 0 Å². The van der Waals surface area contributed by atoms with Gasteiger partial charge in [-0.05, 0) is 61.0 Å². The van der Waals surface area contributed by atoms with E-state index >= 15 is 0 Å². The van der Waals surface area contributed by atoms with Crippen LogP contribution in [0, 0.1) is 5.92 Å². The van der Waals surface area contributed by atoms with Crippen LogP contribution in [0.15, 0.2) is 36.4 Å². The highest BCUT2D eigenvalue weighted by Crippen LogP contribution is 2.33. The Bertz CT molecular complexity index is 848. The highest BCUT2D eigenvalue weighted by Gasteiger charge is 2.27. The molecule has 2 aromatic rings. The van der Waals surface area contributed by atoms with Crippen molar-refractivity contribution in [3.05, 3.63) is 47.5 Å². The van der Waals surface area contributed by atoms with Gasteiger partial charge >= 0.3 is 13.1 Å². The molecule has 1 fully saturated rings. The molecule has 1 heterocycles. The van der Waals surface area contributed by atoms with Gasteiger partial charge in [-0.2, -0.15) is 0 Å². The van der Waals surface area contributed by atoms with Crippen LogP contribution in [0.2, 0.25) is 0 Å². The van der Waals surface area contributed by atoms with Crippen molar-refractivity contribution in [1.29, 1.82) is 0 Å². The Morgan fingerprint density at radius 2 is 2.00 bits per heavy atom. The van der Waals surface area contributed by atoms with Gasteiger partial charge in [-0.3, -0.25) is 0 Å². The molecule has 2 aliphatic rings. The first-order valence-electron chi connectivity index (χ1n) is 9.18. The third-order valence-corrected chi connectivity index (χ3v) is 4.63. The molecule has 0 bridgehead atoms. The van der Waals surface area contributed by atoms with E-state index in [9.17, 15) is 9.82 Å². The summed E-state index contributed by atoms with van der Waals surface area (Å²) in [4.78, 5) is 12.2. The van der Waals surface area contributed by atoms with E-state index in [0.29, 0.717) is 48.6 Å². The number of rotatable bonds is 7. The molecular formula is C20H21BO6. The highest BCUT2D eigenvalue weighted by molar-refractivity contribution is 6.61. The molecule has 7 heteroatoms. The lowest BCUT2D eigenvalue weighted by molar-refractivity contribution is 0.0521. The first-order chi connectivity index (χ1) is 13.1. The van der Waals surface area contributed by atoms with E-state index in [2.05, 4.69) is 0 Å². The number of ether oxygens (including phenoxy) is 3. The lowest BCUT2D eigenvalue weighted by Crippen LogP contribution is -2.27. The molecular weight excluding hydrogens is 347 g/mol. The predicted octanol–water partition coefficient (Wildman–Crippen LogP) is 2.66. The quantitative estimate of drug-likeness (QED) is 0.598. The van der Waals surface area contributed by atoms with Crippen LogP contribution in [0.25, 0.3) is 0 Å².